The summed E-state index contributed by atoms with van der Waals surface area (Å²) in [4.78, 5) is 0. The minimum atomic E-state index is 0.296. The first-order valence-electron chi connectivity index (χ1n) is 2.89. The molecule has 1 fully saturated rings. The van der Waals surface area contributed by atoms with Crippen LogP contribution in [0.1, 0.15) is 33.5 Å². The van der Waals surface area contributed by atoms with E-state index in [1.807, 2.05) is 0 Å². The summed E-state index contributed by atoms with van der Waals surface area (Å²) in [6, 6.07) is 0. The van der Waals surface area contributed by atoms with E-state index >= 15 is 0 Å². The maximum Gasteiger partial charge on any atom is 0.0267 e. The van der Waals surface area contributed by atoms with Crippen LogP contribution >= 0.6 is 0 Å². The van der Waals surface area contributed by atoms with E-state index < -0.39 is 0 Å². The number of hydrogen-bond donors (Lipinski definition) is 0. The molecule has 0 spiro atoms. The molecular weight excluding hydrogens is 60.1 g/mol. The van der Waals surface area contributed by atoms with Gasteiger partial charge in [-0.05, 0) is 0 Å². The van der Waals surface area contributed by atoms with Crippen molar-refractivity contribution in [3.05, 3.63) is 0 Å². The van der Waals surface area contributed by atoms with Crippen molar-refractivity contribution in [2.24, 2.45) is 0 Å². The molecule has 0 saturated heterocycles. The molecule has 30 valence electrons. The van der Waals surface area contributed by atoms with Crippen molar-refractivity contribution in [2.45, 2.75) is 32.1 Å². The van der Waals surface area contributed by atoms with E-state index in [2.05, 4.69) is 0 Å². The molecule has 1 aliphatic rings. The molecule has 0 amide bonds. The Labute approximate surface area is 34.6 Å². The first-order valence-corrected chi connectivity index (χ1v) is 2.32. The summed E-state index contributed by atoms with van der Waals surface area (Å²) in [6.07, 6.45) is 5.20. The van der Waals surface area contributed by atoms with Gasteiger partial charge in [0.2, 0.25) is 0 Å². The molecule has 1 rings (SSSR count). The second-order valence-electron chi connectivity index (χ2n) is 1.57. The van der Waals surface area contributed by atoms with Gasteiger partial charge in [-0.25, -0.2) is 0 Å². The van der Waals surface area contributed by atoms with Crippen LogP contribution < -0.4 is 0 Å². The summed E-state index contributed by atoms with van der Waals surface area (Å²) in [7, 11) is 0. The number of rotatable bonds is 0. The molecule has 0 unspecified atom stereocenters. The van der Waals surface area contributed by atoms with E-state index in [-0.39, 0.29) is 0 Å². The number of hydrogen-bond acceptors (Lipinski definition) is 0. The van der Waals surface area contributed by atoms with Crippen molar-refractivity contribution in [1.29, 1.82) is 0 Å². The van der Waals surface area contributed by atoms with Gasteiger partial charge < -0.3 is 0 Å². The Morgan fingerprint density at radius 3 is 1.80 bits per heavy atom. The van der Waals surface area contributed by atoms with Gasteiger partial charge in [-0.1, -0.05) is 32.1 Å². The van der Waals surface area contributed by atoms with Crippen LogP contribution in [0, 0.1) is 0 Å². The average molecular weight is 71.1 g/mol. The predicted molar refractivity (Wildman–Crippen MR) is 23.1 cm³/mol. The van der Waals surface area contributed by atoms with Gasteiger partial charge in [-0.2, -0.15) is 0 Å². The fraction of sp³-hybridized carbons (Fsp3) is 1.00. The first-order chi connectivity index (χ1) is 2.89. The molecule has 0 aromatic rings. The van der Waals surface area contributed by atoms with E-state index in [4.69, 9.17) is 1.37 Å². The molecule has 5 heavy (non-hydrogen) atoms. The van der Waals surface area contributed by atoms with Crippen molar-refractivity contribution in [3.63, 3.8) is 0 Å². The normalized spacial score (nSPS) is 30.8. The first kappa shape index (κ1) is 2.22. The average Bonchev–Trinajstić information content (AvgIpc) is 1.86. The molecule has 0 aromatic carbocycles. The topological polar surface area (TPSA) is 0 Å². The quantitative estimate of drug-likeness (QED) is 0.409. The Morgan fingerprint density at radius 1 is 1.00 bits per heavy atom. The van der Waals surface area contributed by atoms with Gasteiger partial charge in [0.15, 0.2) is 0 Å². The van der Waals surface area contributed by atoms with Crippen molar-refractivity contribution in [3.8, 4) is 0 Å². The van der Waals surface area contributed by atoms with Gasteiger partial charge in [0.25, 0.3) is 0 Å². The summed E-state index contributed by atoms with van der Waals surface area (Å²) in [5.41, 5.74) is 0. The summed E-state index contributed by atoms with van der Waals surface area (Å²) >= 11 is 0. The van der Waals surface area contributed by atoms with E-state index in [9.17, 15) is 0 Å². The van der Waals surface area contributed by atoms with E-state index in [1.54, 1.807) is 0 Å². The summed E-state index contributed by atoms with van der Waals surface area (Å²) < 4.78 is 7.13. The van der Waals surface area contributed by atoms with Crippen LogP contribution in [0.5, 0.6) is 0 Å². The fourth-order valence-corrected chi connectivity index (χ4v) is 0.722. The summed E-state index contributed by atoms with van der Waals surface area (Å²) in [5.74, 6) is 0. The zero-order chi connectivity index (χ0) is 4.41. The van der Waals surface area contributed by atoms with E-state index in [0.29, 0.717) is 6.40 Å². The van der Waals surface area contributed by atoms with Crippen molar-refractivity contribution in [1.82, 2.24) is 0 Å². The van der Waals surface area contributed by atoms with Crippen molar-refractivity contribution in [2.75, 3.05) is 0 Å². The molecule has 0 heteroatoms. The van der Waals surface area contributed by atoms with Crippen LogP contribution in [-0.2, 0) is 0 Å². The summed E-state index contributed by atoms with van der Waals surface area (Å²) in [6.45, 7) is 0. The second-order valence-corrected chi connectivity index (χ2v) is 1.57. The van der Waals surface area contributed by atoms with Gasteiger partial charge in [-0.15, -0.1) is 0 Å². The fourth-order valence-electron chi connectivity index (χ4n) is 0.722. The van der Waals surface area contributed by atoms with Gasteiger partial charge >= 0.3 is 0 Å². The predicted octanol–water partition coefficient (Wildman–Crippen LogP) is 1.95. The van der Waals surface area contributed by atoms with Crippen LogP contribution in [0.25, 0.3) is 0 Å². The van der Waals surface area contributed by atoms with E-state index in [0.717, 1.165) is 12.8 Å². The molecule has 0 radical (unpaired) electrons. The van der Waals surface area contributed by atoms with Crippen LogP contribution in [0.2, 0.25) is 0 Å². The SMILES string of the molecule is [2H]C1CCCC1. The second kappa shape index (κ2) is 1.44. The molecule has 1 saturated carbocycles. The zero-order valence-corrected chi connectivity index (χ0v) is 3.41. The Hall–Kier alpha value is 0. The maximum absolute atomic E-state index is 7.13. The van der Waals surface area contributed by atoms with Crippen LogP contribution in [0.3, 0.4) is 0 Å². The van der Waals surface area contributed by atoms with Gasteiger partial charge in [0.05, 0.1) is 0 Å². The van der Waals surface area contributed by atoms with Crippen molar-refractivity contribution >= 4 is 0 Å². The molecular formula is C5H10. The monoisotopic (exact) mass is 71.1 g/mol. The third-order valence-corrected chi connectivity index (χ3v) is 1.07. The van der Waals surface area contributed by atoms with Crippen LogP contribution in [0.4, 0.5) is 0 Å². The third-order valence-electron chi connectivity index (χ3n) is 1.07. The smallest absolute Gasteiger partial charge is 0.0267 e. The highest BCUT2D eigenvalue weighted by molar-refractivity contribution is 4.51. The maximum atomic E-state index is 7.13. The van der Waals surface area contributed by atoms with Gasteiger partial charge in [0, 0.05) is 1.37 Å². The molecule has 0 aromatic heterocycles. The zero-order valence-electron chi connectivity index (χ0n) is 4.41. The van der Waals surface area contributed by atoms with E-state index in [1.165, 1.54) is 12.8 Å². The Kier molecular flexibility index (Phi) is 0.640. The molecule has 0 nitrogen and oxygen atoms in total. The lowest BCUT2D eigenvalue weighted by Gasteiger charge is -1.67. The highest BCUT2D eigenvalue weighted by Crippen LogP contribution is 2.15. The molecule has 0 heterocycles. The third kappa shape index (κ3) is 0.640. The highest BCUT2D eigenvalue weighted by Gasteiger charge is 1.95. The standard InChI is InChI=1S/C5H10/c1-2-4-5-3-1/h1-5H2/i1D. The molecule has 0 N–H and O–H groups in total. The highest BCUT2D eigenvalue weighted by atomic mass is 14.0. The Morgan fingerprint density at radius 2 is 1.60 bits per heavy atom. The Bertz CT molecular complexity index is 37.2. The largest absolute Gasteiger partial charge is 0.0533 e. The molecule has 1 aliphatic carbocycles. The Balaban J connectivity index is 2.18. The minimum Gasteiger partial charge on any atom is -0.0533 e. The minimum absolute atomic E-state index is 0.296. The van der Waals surface area contributed by atoms with Gasteiger partial charge in [0.1, 0.15) is 0 Å². The van der Waals surface area contributed by atoms with Gasteiger partial charge in [-0.3, -0.25) is 0 Å². The molecule has 0 bridgehead atoms. The van der Waals surface area contributed by atoms with Crippen LogP contribution in [0.15, 0.2) is 0 Å². The lowest BCUT2D eigenvalue weighted by Crippen LogP contribution is -1.47. The lowest BCUT2D eigenvalue weighted by molar-refractivity contribution is 0.886. The molecule has 0 aliphatic heterocycles. The summed E-state index contributed by atoms with van der Waals surface area (Å²) in [5, 5.41) is 0. The molecule has 0 atom stereocenters. The van der Waals surface area contributed by atoms with Crippen molar-refractivity contribution < 1.29 is 1.37 Å². The van der Waals surface area contributed by atoms with Crippen LogP contribution in [-0.4, -0.2) is 0 Å². The lowest BCUT2D eigenvalue weighted by atomic mass is 10.4.